The van der Waals surface area contributed by atoms with Crippen molar-refractivity contribution in [3.05, 3.63) is 89.5 Å². The van der Waals surface area contributed by atoms with E-state index in [9.17, 15) is 14.4 Å². The van der Waals surface area contributed by atoms with Crippen LogP contribution in [0, 0.1) is 0 Å². The molecule has 0 aliphatic carbocycles. The average Bonchev–Trinajstić information content (AvgIpc) is 2.94. The van der Waals surface area contributed by atoms with Crippen molar-refractivity contribution in [2.45, 2.75) is 26.2 Å². The summed E-state index contributed by atoms with van der Waals surface area (Å²) in [6, 6.07) is 20.6. The van der Waals surface area contributed by atoms with Crippen LogP contribution >= 0.6 is 0 Å². The number of rotatable bonds is 10. The van der Waals surface area contributed by atoms with Crippen molar-refractivity contribution in [3.63, 3.8) is 0 Å². The van der Waals surface area contributed by atoms with Crippen molar-refractivity contribution < 1.29 is 28.6 Å². The van der Waals surface area contributed by atoms with Crippen molar-refractivity contribution in [1.82, 2.24) is 5.32 Å². The van der Waals surface area contributed by atoms with Crippen LogP contribution in [0.25, 0.3) is 6.08 Å². The normalized spacial score (nSPS) is 15.3. The van der Waals surface area contributed by atoms with Gasteiger partial charge in [0.05, 0.1) is 12.8 Å². The number of urea groups is 1. The number of hydrogen-bond acceptors (Lipinski definition) is 6. The van der Waals surface area contributed by atoms with Gasteiger partial charge in [-0.2, -0.15) is 0 Å². The molecule has 0 radical (unpaired) electrons. The summed E-state index contributed by atoms with van der Waals surface area (Å²) in [7, 11) is 1.52. The van der Waals surface area contributed by atoms with Gasteiger partial charge in [0.15, 0.2) is 0 Å². The summed E-state index contributed by atoms with van der Waals surface area (Å²) in [4.78, 5) is 38.7. The number of nitrogens with zero attached hydrogens (tertiary/aromatic N) is 1. The van der Waals surface area contributed by atoms with Crippen LogP contribution in [0.4, 0.5) is 10.5 Å². The lowest BCUT2D eigenvalue weighted by Gasteiger charge is -2.26. The van der Waals surface area contributed by atoms with Gasteiger partial charge in [0, 0.05) is 0 Å². The molecule has 0 saturated carbocycles. The Morgan fingerprint density at radius 3 is 1.92 bits per heavy atom. The van der Waals surface area contributed by atoms with E-state index >= 15 is 0 Å². The number of carbonyl (C=O) groups excluding carboxylic acids is 3. The van der Waals surface area contributed by atoms with Gasteiger partial charge in [0.2, 0.25) is 0 Å². The molecular formula is C30H30N2O6. The summed E-state index contributed by atoms with van der Waals surface area (Å²) in [5, 5.41) is 2.22. The molecule has 0 aromatic heterocycles. The van der Waals surface area contributed by atoms with Crippen molar-refractivity contribution in [2.75, 3.05) is 25.2 Å². The number of anilines is 1. The molecule has 0 bridgehead atoms. The first kappa shape index (κ1) is 26.5. The molecule has 1 N–H and O–H groups in total. The van der Waals surface area contributed by atoms with Gasteiger partial charge in [-0.3, -0.25) is 14.9 Å². The predicted molar refractivity (Wildman–Crippen MR) is 145 cm³/mol. The first-order valence-electron chi connectivity index (χ1n) is 12.4. The Kier molecular flexibility index (Phi) is 8.43. The molecule has 4 amide bonds. The lowest BCUT2D eigenvalue weighted by atomic mass is 9.99. The standard InChI is InChI=1S/C30H30N2O6/c1-4-20(2)22-7-13-26(14-8-22)38-18-17-37-25-11-5-21(6-12-25)19-27-28(33)31-30(35)32(29(27)34)23-9-15-24(36-3)16-10-23/h5-16,19-20H,4,17-18H2,1-3H3,(H,31,33,35)/b27-19-/t20-/m1/s1. The molecule has 38 heavy (non-hydrogen) atoms. The van der Waals surface area contributed by atoms with Gasteiger partial charge in [0.1, 0.15) is 36.0 Å². The fourth-order valence-corrected chi connectivity index (χ4v) is 3.90. The van der Waals surface area contributed by atoms with Crippen LogP contribution in [0.2, 0.25) is 0 Å². The number of benzene rings is 3. The fourth-order valence-electron chi connectivity index (χ4n) is 3.90. The number of amides is 4. The number of barbiturate groups is 1. The number of carbonyl (C=O) groups is 3. The maximum atomic E-state index is 13.0. The third-order valence-electron chi connectivity index (χ3n) is 6.31. The van der Waals surface area contributed by atoms with Gasteiger partial charge >= 0.3 is 6.03 Å². The quantitative estimate of drug-likeness (QED) is 0.223. The molecule has 196 valence electrons. The summed E-state index contributed by atoms with van der Waals surface area (Å²) in [6.45, 7) is 5.11. The van der Waals surface area contributed by atoms with Gasteiger partial charge in [0.25, 0.3) is 11.8 Å². The Labute approximate surface area is 221 Å². The number of nitrogens with one attached hydrogen (secondary N) is 1. The molecule has 0 unspecified atom stereocenters. The average molecular weight is 515 g/mol. The molecule has 1 atom stereocenters. The second-order valence-electron chi connectivity index (χ2n) is 8.80. The molecular weight excluding hydrogens is 484 g/mol. The van der Waals surface area contributed by atoms with E-state index in [0.717, 1.165) is 17.1 Å². The molecule has 1 aliphatic heterocycles. The summed E-state index contributed by atoms with van der Waals surface area (Å²) in [6.07, 6.45) is 2.53. The molecule has 1 heterocycles. The van der Waals surface area contributed by atoms with Crippen molar-refractivity contribution in [2.24, 2.45) is 0 Å². The van der Waals surface area contributed by atoms with E-state index in [2.05, 4.69) is 31.3 Å². The fraction of sp³-hybridized carbons (Fsp3) is 0.233. The highest BCUT2D eigenvalue weighted by atomic mass is 16.5. The third kappa shape index (κ3) is 6.21. The molecule has 8 heteroatoms. The monoisotopic (exact) mass is 514 g/mol. The number of imide groups is 2. The molecule has 4 rings (SSSR count). The number of methoxy groups -OCH3 is 1. The zero-order valence-electron chi connectivity index (χ0n) is 21.6. The molecule has 0 spiro atoms. The summed E-state index contributed by atoms with van der Waals surface area (Å²) < 4.78 is 16.6. The van der Waals surface area contributed by atoms with Gasteiger partial charge in [-0.05, 0) is 78.1 Å². The third-order valence-corrected chi connectivity index (χ3v) is 6.31. The number of hydrogen-bond donors (Lipinski definition) is 1. The minimum Gasteiger partial charge on any atom is -0.497 e. The van der Waals surface area contributed by atoms with Crippen LogP contribution in [-0.2, 0) is 9.59 Å². The molecule has 3 aromatic carbocycles. The largest absolute Gasteiger partial charge is 0.497 e. The molecule has 1 fully saturated rings. The van der Waals surface area contributed by atoms with Gasteiger partial charge in [-0.25, -0.2) is 9.69 Å². The lowest BCUT2D eigenvalue weighted by molar-refractivity contribution is -0.122. The highest BCUT2D eigenvalue weighted by Crippen LogP contribution is 2.25. The minimum absolute atomic E-state index is 0.151. The smallest absolute Gasteiger partial charge is 0.335 e. The van der Waals surface area contributed by atoms with Gasteiger partial charge < -0.3 is 14.2 Å². The Bertz CT molecular complexity index is 1310. The molecule has 1 saturated heterocycles. The molecule has 8 nitrogen and oxygen atoms in total. The minimum atomic E-state index is -0.806. The maximum Gasteiger partial charge on any atom is 0.335 e. The first-order chi connectivity index (χ1) is 18.4. The van der Waals surface area contributed by atoms with Crippen LogP contribution in [0.5, 0.6) is 17.2 Å². The van der Waals surface area contributed by atoms with Crippen molar-refractivity contribution in [3.8, 4) is 17.2 Å². The van der Waals surface area contributed by atoms with Gasteiger partial charge in [-0.15, -0.1) is 0 Å². The van der Waals surface area contributed by atoms with E-state index < -0.39 is 17.8 Å². The lowest BCUT2D eigenvalue weighted by Crippen LogP contribution is -2.54. The summed E-state index contributed by atoms with van der Waals surface area (Å²) >= 11 is 0. The van der Waals surface area contributed by atoms with E-state index in [1.54, 1.807) is 48.5 Å². The Morgan fingerprint density at radius 2 is 1.37 bits per heavy atom. The van der Waals surface area contributed by atoms with E-state index in [1.807, 2.05) is 12.1 Å². The maximum absolute atomic E-state index is 13.0. The van der Waals surface area contributed by atoms with Crippen molar-refractivity contribution in [1.29, 1.82) is 0 Å². The highest BCUT2D eigenvalue weighted by Gasteiger charge is 2.36. The Hall–Kier alpha value is -4.59. The van der Waals surface area contributed by atoms with Crippen LogP contribution in [0.3, 0.4) is 0 Å². The van der Waals surface area contributed by atoms with E-state index in [1.165, 1.54) is 18.7 Å². The van der Waals surface area contributed by atoms with E-state index in [0.29, 0.717) is 41.9 Å². The van der Waals surface area contributed by atoms with Crippen LogP contribution in [0.1, 0.15) is 37.3 Å². The Morgan fingerprint density at radius 1 is 0.816 bits per heavy atom. The topological polar surface area (TPSA) is 94.2 Å². The zero-order valence-corrected chi connectivity index (χ0v) is 21.6. The van der Waals surface area contributed by atoms with Crippen molar-refractivity contribution >= 4 is 29.6 Å². The second-order valence-corrected chi connectivity index (χ2v) is 8.80. The van der Waals surface area contributed by atoms with E-state index in [-0.39, 0.29) is 5.57 Å². The Balaban J connectivity index is 1.35. The van der Waals surface area contributed by atoms with Gasteiger partial charge in [-0.1, -0.05) is 38.1 Å². The summed E-state index contributed by atoms with van der Waals surface area (Å²) in [5.41, 5.74) is 2.07. The predicted octanol–water partition coefficient (Wildman–Crippen LogP) is 5.33. The molecule has 1 aliphatic rings. The summed E-state index contributed by atoms with van der Waals surface area (Å²) in [5.74, 6) is 1.05. The van der Waals surface area contributed by atoms with E-state index in [4.69, 9.17) is 14.2 Å². The highest BCUT2D eigenvalue weighted by molar-refractivity contribution is 6.39. The SMILES string of the molecule is CC[C@@H](C)c1ccc(OCCOc2ccc(/C=C3/C(=O)NC(=O)N(c4ccc(OC)cc4)C3=O)cc2)cc1. The zero-order chi connectivity index (χ0) is 27.1. The van der Waals surface area contributed by atoms with Crippen LogP contribution in [-0.4, -0.2) is 38.2 Å². The van der Waals surface area contributed by atoms with Crippen LogP contribution < -0.4 is 24.4 Å². The second kappa shape index (κ2) is 12.1. The molecule has 3 aromatic rings. The number of ether oxygens (including phenoxy) is 3. The first-order valence-corrected chi connectivity index (χ1v) is 12.4. The van der Waals surface area contributed by atoms with Crippen LogP contribution in [0.15, 0.2) is 78.4 Å².